The fourth-order valence-electron chi connectivity index (χ4n) is 4.69. The van der Waals surface area contributed by atoms with Crippen LogP contribution in [0.25, 0.3) is 10.9 Å². The number of ether oxygens (including phenoxy) is 2. The molecule has 2 aromatic heterocycles. The number of amides is 1. The average molecular weight is 573 g/mol. The van der Waals surface area contributed by atoms with E-state index >= 15 is 0 Å². The van der Waals surface area contributed by atoms with Crippen LogP contribution in [-0.4, -0.2) is 52.0 Å². The quantitative estimate of drug-likeness (QED) is 0.200. The molecule has 0 radical (unpaired) electrons. The fourth-order valence-corrected chi connectivity index (χ4v) is 4.92. The van der Waals surface area contributed by atoms with Crippen LogP contribution in [0.2, 0.25) is 5.02 Å². The van der Waals surface area contributed by atoms with Crippen molar-refractivity contribution >= 4 is 45.6 Å². The van der Waals surface area contributed by atoms with E-state index in [0.29, 0.717) is 57.8 Å². The highest BCUT2D eigenvalue weighted by Gasteiger charge is 2.19. The molecule has 1 atom stereocenters. The highest BCUT2D eigenvalue weighted by atomic mass is 35.5. The molecule has 0 bridgehead atoms. The Hall–Kier alpha value is -4.21. The third-order valence-corrected chi connectivity index (χ3v) is 7.10. The number of hydrogen-bond acceptors (Lipinski definition) is 8. The van der Waals surface area contributed by atoms with Crippen LogP contribution < -0.4 is 20.1 Å². The van der Waals surface area contributed by atoms with Crippen molar-refractivity contribution in [2.75, 3.05) is 30.8 Å². The lowest BCUT2D eigenvalue weighted by atomic mass is 10.1. The average Bonchev–Trinajstić information content (AvgIpc) is 3.40. The molecule has 3 heterocycles. The number of benzene rings is 2. The third kappa shape index (κ3) is 7.11. The molecule has 2 aromatic carbocycles. The molecule has 1 saturated heterocycles. The fraction of sp³-hybridized carbons (Fsp3) is 0.290. The predicted octanol–water partition coefficient (Wildman–Crippen LogP) is 6.38. The van der Waals surface area contributed by atoms with Gasteiger partial charge < -0.3 is 20.1 Å². The topological polar surface area (TPSA) is 102 Å². The van der Waals surface area contributed by atoms with E-state index < -0.39 is 0 Å². The summed E-state index contributed by atoms with van der Waals surface area (Å²) in [6, 6.07) is 15.0. The first kappa shape index (κ1) is 28.3. The van der Waals surface area contributed by atoms with Gasteiger partial charge in [-0.15, -0.1) is 0 Å². The first-order valence-electron chi connectivity index (χ1n) is 13.7. The smallest absolute Gasteiger partial charge is 0.248 e. The molecule has 1 fully saturated rings. The van der Waals surface area contributed by atoms with Crippen molar-refractivity contribution < 1.29 is 14.3 Å². The van der Waals surface area contributed by atoms with E-state index in [4.69, 9.17) is 21.1 Å². The Morgan fingerprint density at radius 3 is 2.80 bits per heavy atom. The number of anilines is 3. The molecule has 1 amide bonds. The minimum atomic E-state index is -0.217. The van der Waals surface area contributed by atoms with Crippen molar-refractivity contribution in [1.82, 2.24) is 19.9 Å². The lowest BCUT2D eigenvalue weighted by Crippen LogP contribution is -2.23. The molecule has 0 spiro atoms. The molecule has 41 heavy (non-hydrogen) atoms. The molecule has 2 N–H and O–H groups in total. The van der Waals surface area contributed by atoms with E-state index in [1.807, 2.05) is 49.4 Å². The molecule has 4 aromatic rings. The Labute approximate surface area is 244 Å². The summed E-state index contributed by atoms with van der Waals surface area (Å²) in [6.07, 6.45) is 9.74. The molecule has 212 valence electrons. The summed E-state index contributed by atoms with van der Waals surface area (Å²) in [5.41, 5.74) is 2.74. The van der Waals surface area contributed by atoms with Crippen LogP contribution in [0.5, 0.6) is 11.5 Å². The van der Waals surface area contributed by atoms with E-state index in [-0.39, 0.29) is 11.9 Å². The number of aromatic nitrogens is 3. The van der Waals surface area contributed by atoms with Gasteiger partial charge in [-0.05, 0) is 75.3 Å². The highest BCUT2D eigenvalue weighted by molar-refractivity contribution is 6.32. The van der Waals surface area contributed by atoms with Crippen molar-refractivity contribution in [3.8, 4) is 11.5 Å². The van der Waals surface area contributed by atoms with E-state index in [1.54, 1.807) is 24.4 Å². The van der Waals surface area contributed by atoms with Gasteiger partial charge in [0.15, 0.2) is 5.75 Å². The number of fused-ring (bicyclic) bond motifs is 1. The van der Waals surface area contributed by atoms with Crippen LogP contribution in [0, 0.1) is 0 Å². The molecule has 1 aliphatic heterocycles. The number of nitrogens with one attached hydrogen (secondary N) is 2. The Morgan fingerprint density at radius 2 is 2.05 bits per heavy atom. The van der Waals surface area contributed by atoms with E-state index in [9.17, 15) is 4.79 Å². The summed E-state index contributed by atoms with van der Waals surface area (Å²) in [6.45, 7) is 3.84. The largest absolute Gasteiger partial charge is 0.491 e. The maximum absolute atomic E-state index is 12.9. The van der Waals surface area contributed by atoms with Crippen LogP contribution in [0.15, 0.2) is 73.2 Å². The van der Waals surface area contributed by atoms with Crippen molar-refractivity contribution in [3.05, 3.63) is 83.9 Å². The predicted molar refractivity (Wildman–Crippen MR) is 162 cm³/mol. The maximum atomic E-state index is 12.9. The van der Waals surface area contributed by atoms with Crippen molar-refractivity contribution in [2.45, 2.75) is 38.8 Å². The van der Waals surface area contributed by atoms with Gasteiger partial charge in [0.25, 0.3) is 0 Å². The minimum absolute atomic E-state index is 0.217. The maximum Gasteiger partial charge on any atom is 0.248 e. The summed E-state index contributed by atoms with van der Waals surface area (Å²) in [7, 11) is 2.07. The van der Waals surface area contributed by atoms with Gasteiger partial charge in [0, 0.05) is 24.0 Å². The number of likely N-dealkylation sites (N-methyl/N-ethyl adjacent to an activating group) is 1. The van der Waals surface area contributed by atoms with E-state index in [1.165, 1.54) is 6.33 Å². The van der Waals surface area contributed by atoms with Crippen LogP contribution in [0.1, 0.15) is 31.9 Å². The first-order chi connectivity index (χ1) is 20.0. The number of halogens is 1. The second-order valence-electron chi connectivity index (χ2n) is 9.83. The standard InChI is InChI=1S/C31H33ClN6O3/c1-3-17-40-30-26(37-28(39)14-10-23-8-6-16-38(23)2)12-11-25-29(30)31(35-20-34-25)36-21-9-13-27(24(32)18-21)41-19-22-7-4-5-15-33-22/h4-5,7,9-15,18,20,23H,3,6,8,16-17,19H2,1-2H3,(H,37,39)(H,34,35,36)/b14-10+. The molecule has 0 saturated carbocycles. The zero-order chi connectivity index (χ0) is 28.6. The lowest BCUT2D eigenvalue weighted by molar-refractivity contribution is -0.112. The third-order valence-electron chi connectivity index (χ3n) is 6.81. The summed E-state index contributed by atoms with van der Waals surface area (Å²) in [4.78, 5) is 28.3. The van der Waals surface area contributed by atoms with Gasteiger partial charge >= 0.3 is 0 Å². The van der Waals surface area contributed by atoms with Crippen LogP contribution in [-0.2, 0) is 11.4 Å². The zero-order valence-electron chi connectivity index (χ0n) is 23.1. The van der Waals surface area contributed by atoms with Crippen molar-refractivity contribution in [1.29, 1.82) is 0 Å². The second-order valence-corrected chi connectivity index (χ2v) is 10.2. The summed E-state index contributed by atoms with van der Waals surface area (Å²) in [5, 5.41) is 7.43. The zero-order valence-corrected chi connectivity index (χ0v) is 23.9. The molecular weight excluding hydrogens is 540 g/mol. The van der Waals surface area contributed by atoms with E-state index in [0.717, 1.165) is 31.5 Å². The number of carbonyl (C=O) groups is 1. The summed E-state index contributed by atoms with van der Waals surface area (Å²) >= 11 is 6.55. The van der Waals surface area contributed by atoms with Gasteiger partial charge in [0.2, 0.25) is 5.91 Å². The van der Waals surface area contributed by atoms with Crippen molar-refractivity contribution in [2.24, 2.45) is 0 Å². The van der Waals surface area contributed by atoms with Crippen molar-refractivity contribution in [3.63, 3.8) is 0 Å². The summed E-state index contributed by atoms with van der Waals surface area (Å²) in [5.74, 6) is 1.36. The minimum Gasteiger partial charge on any atom is -0.491 e. The number of hydrogen-bond donors (Lipinski definition) is 2. The van der Waals surface area contributed by atoms with Crippen LogP contribution in [0.4, 0.5) is 17.2 Å². The molecule has 1 aliphatic rings. The molecule has 9 nitrogen and oxygen atoms in total. The van der Waals surface area contributed by atoms with Gasteiger partial charge in [0.1, 0.15) is 24.5 Å². The van der Waals surface area contributed by atoms with Crippen LogP contribution in [0.3, 0.4) is 0 Å². The van der Waals surface area contributed by atoms with E-state index in [2.05, 4.69) is 37.5 Å². The Morgan fingerprint density at radius 1 is 1.15 bits per heavy atom. The Balaban J connectivity index is 1.39. The van der Waals surface area contributed by atoms with Gasteiger partial charge in [0.05, 0.1) is 33.9 Å². The number of rotatable bonds is 11. The van der Waals surface area contributed by atoms with Gasteiger partial charge in [-0.2, -0.15) is 0 Å². The molecule has 5 rings (SSSR count). The second kappa shape index (κ2) is 13.4. The SMILES string of the molecule is CCCOc1c(NC(=O)/C=C/C2CCCN2C)ccc2ncnc(Nc3ccc(OCc4ccccn4)c(Cl)c3)c12. The van der Waals surface area contributed by atoms with Gasteiger partial charge in [-0.3, -0.25) is 14.7 Å². The van der Waals surface area contributed by atoms with Gasteiger partial charge in [-0.25, -0.2) is 9.97 Å². The number of pyridine rings is 1. The van der Waals surface area contributed by atoms with Crippen LogP contribution >= 0.6 is 11.6 Å². The monoisotopic (exact) mass is 572 g/mol. The number of likely N-dealkylation sites (tertiary alicyclic amines) is 1. The van der Waals surface area contributed by atoms with Gasteiger partial charge in [-0.1, -0.05) is 30.7 Å². The molecular formula is C31H33ClN6O3. The molecule has 0 aliphatic carbocycles. The Kier molecular flexibility index (Phi) is 9.28. The normalized spacial score (nSPS) is 15.3. The first-order valence-corrected chi connectivity index (χ1v) is 14.1. The summed E-state index contributed by atoms with van der Waals surface area (Å²) < 4.78 is 12.0. The Bertz CT molecular complexity index is 1530. The molecule has 10 heteroatoms. The highest BCUT2D eigenvalue weighted by Crippen LogP contribution is 2.39. The number of carbonyl (C=O) groups excluding carboxylic acids is 1. The number of nitrogens with zero attached hydrogens (tertiary/aromatic N) is 4. The molecule has 1 unspecified atom stereocenters. The lowest BCUT2D eigenvalue weighted by Gasteiger charge is -2.17.